The van der Waals surface area contributed by atoms with Gasteiger partial charge in [-0.3, -0.25) is 4.79 Å². The normalized spacial score (nSPS) is 23.5. The van der Waals surface area contributed by atoms with Crippen LogP contribution in [0.5, 0.6) is 0 Å². The van der Waals surface area contributed by atoms with E-state index in [2.05, 4.69) is 49.8 Å². The number of hydrogen-bond acceptors (Lipinski definition) is 5. The van der Waals surface area contributed by atoms with Crippen LogP contribution in [0.25, 0.3) is 0 Å². The van der Waals surface area contributed by atoms with E-state index in [-0.39, 0.29) is 41.9 Å². The maximum atomic E-state index is 13.6. The summed E-state index contributed by atoms with van der Waals surface area (Å²) in [6, 6.07) is 10.3. The van der Waals surface area contributed by atoms with Crippen molar-refractivity contribution in [2.45, 2.75) is 95.2 Å². The second kappa shape index (κ2) is 12.4. The molecular weight excluding hydrogens is 589 g/mol. The van der Waals surface area contributed by atoms with Crippen molar-refractivity contribution >= 4 is 25.9 Å². The molecule has 0 radical (unpaired) electrons. The van der Waals surface area contributed by atoms with Crippen molar-refractivity contribution in [1.82, 2.24) is 15.5 Å². The van der Waals surface area contributed by atoms with Crippen LogP contribution in [-0.4, -0.2) is 57.0 Å². The van der Waals surface area contributed by atoms with Crippen molar-refractivity contribution in [3.05, 3.63) is 64.7 Å². The zero-order valence-corrected chi connectivity index (χ0v) is 27.0. The summed E-state index contributed by atoms with van der Waals surface area (Å²) in [5, 5.41) is 9.10. The summed E-state index contributed by atoms with van der Waals surface area (Å²) < 4.78 is 53.7. The Balaban J connectivity index is 1.14. The standard InChI is InChI=1S/C32H43F3N4O4Si/c1-31(2,3)44(4,5)43-28-19-42-27-16-25(28)38-24-13-12-20(15-22(24)27)17-36-30(41)37-18-29(40)39-14-8-11-26(39)21-9-6-7-10-23(21)32(33,34)35/h6-7,9-10,12-13,15,25-28,38H,8,11,14,16-19H2,1-5H3,(H2,36,37,41)/t25-,26?,27-,28-/m1/s1. The highest BCUT2D eigenvalue weighted by molar-refractivity contribution is 6.74. The van der Waals surface area contributed by atoms with Crippen LogP contribution in [0, 0.1) is 0 Å². The Morgan fingerprint density at radius 1 is 1.09 bits per heavy atom. The average Bonchev–Trinajstić information content (AvgIpc) is 3.45. The van der Waals surface area contributed by atoms with Crippen LogP contribution in [0.15, 0.2) is 42.5 Å². The number of alkyl halides is 3. The van der Waals surface area contributed by atoms with E-state index in [0.29, 0.717) is 26.0 Å². The van der Waals surface area contributed by atoms with Crippen molar-refractivity contribution in [2.75, 3.05) is 25.0 Å². The van der Waals surface area contributed by atoms with Gasteiger partial charge in [-0.25, -0.2) is 4.79 Å². The molecule has 3 aliphatic rings. The summed E-state index contributed by atoms with van der Waals surface area (Å²) >= 11 is 0. The molecule has 3 amide bonds. The zero-order chi connectivity index (χ0) is 31.9. The topological polar surface area (TPSA) is 91.9 Å². The van der Waals surface area contributed by atoms with Crippen LogP contribution in [0.4, 0.5) is 23.7 Å². The number of rotatable bonds is 7. The van der Waals surface area contributed by atoms with Crippen LogP contribution in [0.2, 0.25) is 18.1 Å². The number of ether oxygens (including phenoxy) is 1. The molecule has 3 aliphatic heterocycles. The lowest BCUT2D eigenvalue weighted by Crippen LogP contribution is -2.54. The minimum absolute atomic E-state index is 0.0109. The van der Waals surface area contributed by atoms with E-state index in [4.69, 9.17) is 9.16 Å². The van der Waals surface area contributed by atoms with Crippen molar-refractivity contribution in [3.63, 3.8) is 0 Å². The van der Waals surface area contributed by atoms with E-state index >= 15 is 0 Å². The molecule has 12 heteroatoms. The number of benzene rings is 2. The molecule has 3 N–H and O–H groups in total. The van der Waals surface area contributed by atoms with E-state index in [0.717, 1.165) is 29.3 Å². The highest BCUT2D eigenvalue weighted by Crippen LogP contribution is 2.44. The second-order valence-electron chi connectivity index (χ2n) is 13.5. The molecule has 2 saturated heterocycles. The minimum Gasteiger partial charge on any atom is -0.409 e. The minimum atomic E-state index is -4.51. The van der Waals surface area contributed by atoms with Crippen molar-refractivity contribution in [1.29, 1.82) is 0 Å². The van der Waals surface area contributed by atoms with E-state index < -0.39 is 38.0 Å². The number of amides is 3. The first kappa shape index (κ1) is 32.3. The van der Waals surface area contributed by atoms with Crippen molar-refractivity contribution in [2.24, 2.45) is 0 Å². The summed E-state index contributed by atoms with van der Waals surface area (Å²) in [4.78, 5) is 27.0. The van der Waals surface area contributed by atoms with Crippen LogP contribution in [0.1, 0.15) is 74.4 Å². The summed E-state index contributed by atoms with van der Waals surface area (Å²) in [5.74, 6) is -0.417. The molecule has 44 heavy (non-hydrogen) atoms. The van der Waals surface area contributed by atoms with Gasteiger partial charge in [0.15, 0.2) is 8.32 Å². The number of fused-ring (bicyclic) bond motifs is 4. The Labute approximate surface area is 258 Å². The first-order valence-electron chi connectivity index (χ1n) is 15.3. The molecule has 0 aliphatic carbocycles. The number of urea groups is 1. The Bertz CT molecular complexity index is 1380. The van der Waals surface area contributed by atoms with E-state index in [9.17, 15) is 22.8 Å². The number of carbonyl (C=O) groups is 2. The van der Waals surface area contributed by atoms with E-state index in [1.165, 1.54) is 17.0 Å². The molecule has 2 aromatic carbocycles. The summed E-state index contributed by atoms with van der Waals surface area (Å²) in [6.45, 7) is 12.0. The Hall–Kier alpha value is -3.09. The third kappa shape index (κ3) is 6.92. The molecule has 4 atom stereocenters. The Morgan fingerprint density at radius 2 is 1.84 bits per heavy atom. The van der Waals surface area contributed by atoms with Crippen LogP contribution in [-0.2, 0) is 26.7 Å². The number of halogens is 3. The molecule has 2 bridgehead atoms. The molecule has 0 saturated carbocycles. The van der Waals surface area contributed by atoms with Crippen molar-refractivity contribution in [3.8, 4) is 0 Å². The quantitative estimate of drug-likeness (QED) is 0.303. The molecule has 5 rings (SSSR count). The van der Waals surface area contributed by atoms with Gasteiger partial charge in [-0.15, -0.1) is 0 Å². The number of nitrogens with one attached hydrogen (secondary N) is 3. The number of carbonyl (C=O) groups excluding carboxylic acids is 2. The van der Waals surface area contributed by atoms with Crippen LogP contribution in [0.3, 0.4) is 0 Å². The number of anilines is 1. The predicted octanol–water partition coefficient (Wildman–Crippen LogP) is 6.51. The lowest BCUT2D eigenvalue weighted by atomic mass is 9.89. The summed E-state index contributed by atoms with van der Waals surface area (Å²) in [7, 11) is -1.95. The molecule has 3 heterocycles. The van der Waals surface area contributed by atoms with E-state index in [1.54, 1.807) is 6.07 Å². The fourth-order valence-corrected chi connectivity index (χ4v) is 7.42. The molecule has 2 aromatic rings. The van der Waals surface area contributed by atoms with Gasteiger partial charge in [-0.2, -0.15) is 13.2 Å². The first-order valence-corrected chi connectivity index (χ1v) is 18.2. The Morgan fingerprint density at radius 3 is 2.57 bits per heavy atom. The highest BCUT2D eigenvalue weighted by Gasteiger charge is 2.45. The molecule has 0 spiro atoms. The fourth-order valence-electron chi connectivity index (χ4n) is 6.07. The fraction of sp³-hybridized carbons (Fsp3) is 0.562. The molecule has 0 aromatic heterocycles. The van der Waals surface area contributed by atoms with Gasteiger partial charge in [0.2, 0.25) is 5.91 Å². The van der Waals surface area contributed by atoms with Gasteiger partial charge in [0.25, 0.3) is 0 Å². The zero-order valence-electron chi connectivity index (χ0n) is 26.0. The van der Waals surface area contributed by atoms with Crippen molar-refractivity contribution < 1.29 is 31.9 Å². The lowest BCUT2D eigenvalue weighted by Gasteiger charge is -2.47. The monoisotopic (exact) mass is 632 g/mol. The summed E-state index contributed by atoms with van der Waals surface area (Å²) in [5.41, 5.74) is 2.28. The van der Waals surface area contributed by atoms with E-state index in [1.807, 2.05) is 18.2 Å². The largest absolute Gasteiger partial charge is 0.416 e. The molecular formula is C32H43F3N4O4Si. The smallest absolute Gasteiger partial charge is 0.409 e. The lowest BCUT2D eigenvalue weighted by molar-refractivity contribution is -0.140. The SMILES string of the molecule is CC(C)(C)[Si](C)(C)O[C@@H]1CO[C@@H]2C[C@H]1Nc1ccc(CNC(=O)NCC(=O)N3CCCC3c3ccccc3C(F)(F)F)cc12. The second-order valence-corrected chi connectivity index (χ2v) is 18.3. The van der Waals surface area contributed by atoms with Gasteiger partial charge in [0.1, 0.15) is 0 Å². The highest BCUT2D eigenvalue weighted by atomic mass is 28.4. The van der Waals surface area contributed by atoms with Gasteiger partial charge >= 0.3 is 12.2 Å². The first-order chi connectivity index (χ1) is 20.6. The van der Waals surface area contributed by atoms with Gasteiger partial charge in [0.05, 0.1) is 43.0 Å². The van der Waals surface area contributed by atoms with Gasteiger partial charge in [-0.1, -0.05) is 45.0 Å². The maximum absolute atomic E-state index is 13.6. The third-order valence-corrected chi connectivity index (χ3v) is 14.0. The predicted molar refractivity (Wildman–Crippen MR) is 165 cm³/mol. The summed E-state index contributed by atoms with van der Waals surface area (Å²) in [6.07, 6.45) is -2.74. The third-order valence-electron chi connectivity index (χ3n) is 9.49. The van der Waals surface area contributed by atoms with Gasteiger partial charge in [0, 0.05) is 30.8 Å². The number of likely N-dealkylation sites (tertiary alicyclic amines) is 1. The van der Waals surface area contributed by atoms with Gasteiger partial charge in [-0.05, 0) is 60.3 Å². The number of hydrogen-bond donors (Lipinski definition) is 3. The van der Waals surface area contributed by atoms with Crippen LogP contribution < -0.4 is 16.0 Å². The maximum Gasteiger partial charge on any atom is 0.416 e. The Kier molecular flexibility index (Phi) is 9.08. The average molecular weight is 633 g/mol. The molecule has 2 fully saturated rings. The molecule has 8 nitrogen and oxygen atoms in total. The van der Waals surface area contributed by atoms with Crippen LogP contribution >= 0.6 is 0 Å². The molecule has 1 unspecified atom stereocenters. The molecule has 240 valence electrons. The number of nitrogens with zero attached hydrogens (tertiary/aromatic N) is 1. The van der Waals surface area contributed by atoms with Gasteiger partial charge < -0.3 is 30.0 Å².